The molecular weight excluding hydrogens is 597 g/mol. The highest BCUT2D eigenvalue weighted by Crippen LogP contribution is 2.46. The first kappa shape index (κ1) is 27.5. The maximum Gasteiger partial charge on any atom is 0.137 e. The van der Waals surface area contributed by atoms with Gasteiger partial charge in [0.2, 0.25) is 0 Å². The summed E-state index contributed by atoms with van der Waals surface area (Å²) in [7, 11) is 0. The monoisotopic (exact) mass is 626 g/mol. The molecule has 0 atom stereocenters. The van der Waals surface area contributed by atoms with Crippen molar-refractivity contribution in [2.45, 2.75) is 0 Å². The van der Waals surface area contributed by atoms with Gasteiger partial charge in [-0.2, -0.15) is 0 Å². The third-order valence-corrected chi connectivity index (χ3v) is 9.76. The molecule has 0 radical (unpaired) electrons. The van der Waals surface area contributed by atoms with Crippen molar-refractivity contribution < 1.29 is 4.42 Å². The van der Waals surface area contributed by atoms with Crippen LogP contribution in [0.25, 0.3) is 71.3 Å². The summed E-state index contributed by atoms with van der Waals surface area (Å²) in [6.45, 7) is 0. The number of fused-ring (bicyclic) bond motifs is 7. The van der Waals surface area contributed by atoms with Gasteiger partial charge in [0.05, 0.1) is 27.8 Å². The quantitative estimate of drug-likeness (QED) is 0.190. The zero-order valence-corrected chi connectivity index (χ0v) is 26.6. The van der Waals surface area contributed by atoms with Gasteiger partial charge in [-0.1, -0.05) is 115 Å². The first-order valence-electron chi connectivity index (χ1n) is 16.7. The van der Waals surface area contributed by atoms with E-state index in [0.717, 1.165) is 44.7 Å². The Morgan fingerprint density at radius 2 is 1.04 bits per heavy atom. The van der Waals surface area contributed by atoms with Crippen molar-refractivity contribution in [3.8, 4) is 16.8 Å². The topological polar surface area (TPSA) is 21.3 Å². The number of furan rings is 1. The first-order chi connectivity index (χ1) is 24.3. The van der Waals surface area contributed by atoms with Gasteiger partial charge in [0.15, 0.2) is 0 Å². The van der Waals surface area contributed by atoms with E-state index in [4.69, 9.17) is 4.42 Å². The van der Waals surface area contributed by atoms with E-state index in [9.17, 15) is 0 Å². The minimum Gasteiger partial charge on any atom is -0.456 e. The van der Waals surface area contributed by atoms with Crippen molar-refractivity contribution in [3.63, 3.8) is 0 Å². The van der Waals surface area contributed by atoms with Gasteiger partial charge in [-0.3, -0.25) is 0 Å². The van der Waals surface area contributed by atoms with Gasteiger partial charge in [-0.25, -0.2) is 0 Å². The van der Waals surface area contributed by atoms with Crippen LogP contribution in [0.1, 0.15) is 0 Å². The van der Waals surface area contributed by atoms with Crippen LogP contribution in [0.3, 0.4) is 0 Å². The third-order valence-electron chi connectivity index (χ3n) is 9.76. The summed E-state index contributed by atoms with van der Waals surface area (Å²) in [4.78, 5) is 2.42. The van der Waals surface area contributed by atoms with Crippen LogP contribution in [0.15, 0.2) is 186 Å². The molecule has 0 saturated carbocycles. The maximum atomic E-state index is 6.41. The zero-order chi connectivity index (χ0) is 32.3. The van der Waals surface area contributed by atoms with Crippen molar-refractivity contribution >= 4 is 71.6 Å². The number of anilines is 3. The normalized spacial score (nSPS) is 11.7. The molecule has 3 heteroatoms. The highest BCUT2D eigenvalue weighted by atomic mass is 16.3. The maximum absolute atomic E-state index is 6.41. The number of benzene rings is 8. The molecule has 0 amide bonds. The van der Waals surface area contributed by atoms with Crippen LogP contribution in [-0.4, -0.2) is 4.57 Å². The molecule has 0 aliphatic carbocycles. The van der Waals surface area contributed by atoms with Gasteiger partial charge >= 0.3 is 0 Å². The molecule has 8 aromatic carbocycles. The molecule has 0 fully saturated rings. The summed E-state index contributed by atoms with van der Waals surface area (Å²) in [6, 6.07) is 65.0. The summed E-state index contributed by atoms with van der Waals surface area (Å²) in [6.07, 6.45) is 0. The van der Waals surface area contributed by atoms with Crippen molar-refractivity contribution in [1.82, 2.24) is 4.57 Å². The summed E-state index contributed by atoms with van der Waals surface area (Å²) in [5.74, 6) is 0. The average molecular weight is 627 g/mol. The zero-order valence-electron chi connectivity index (χ0n) is 26.6. The molecule has 10 aromatic rings. The van der Waals surface area contributed by atoms with Crippen LogP contribution in [0.2, 0.25) is 0 Å². The number of aromatic nitrogens is 1. The Hall–Kier alpha value is -6.58. The molecule has 0 N–H and O–H groups in total. The Morgan fingerprint density at radius 3 is 1.90 bits per heavy atom. The first-order valence-corrected chi connectivity index (χ1v) is 16.7. The Kier molecular flexibility index (Phi) is 6.18. The molecule has 0 unspecified atom stereocenters. The van der Waals surface area contributed by atoms with Crippen LogP contribution < -0.4 is 4.90 Å². The van der Waals surface area contributed by atoms with Crippen molar-refractivity contribution in [2.75, 3.05) is 4.90 Å². The Labute approximate surface area is 283 Å². The summed E-state index contributed by atoms with van der Waals surface area (Å²) < 4.78 is 8.79. The number of hydrogen-bond acceptors (Lipinski definition) is 2. The van der Waals surface area contributed by atoms with E-state index < -0.39 is 0 Å². The van der Waals surface area contributed by atoms with E-state index >= 15 is 0 Å². The fourth-order valence-corrected chi connectivity index (χ4v) is 7.57. The fraction of sp³-hybridized carbons (Fsp3) is 0. The predicted octanol–water partition coefficient (Wildman–Crippen LogP) is 13.0. The molecule has 0 aliphatic heterocycles. The largest absolute Gasteiger partial charge is 0.456 e. The van der Waals surface area contributed by atoms with Crippen molar-refractivity contribution in [3.05, 3.63) is 182 Å². The van der Waals surface area contributed by atoms with E-state index in [1.54, 1.807) is 0 Å². The molecule has 2 aromatic heterocycles. The van der Waals surface area contributed by atoms with Gasteiger partial charge in [0.25, 0.3) is 0 Å². The summed E-state index contributed by atoms with van der Waals surface area (Å²) >= 11 is 0. The number of nitrogens with zero attached hydrogens (tertiary/aromatic N) is 2. The van der Waals surface area contributed by atoms with E-state index in [-0.39, 0.29) is 0 Å². The third kappa shape index (κ3) is 4.37. The molecule has 230 valence electrons. The smallest absolute Gasteiger partial charge is 0.137 e. The molecule has 0 spiro atoms. The lowest BCUT2D eigenvalue weighted by Gasteiger charge is -2.27. The number of rotatable bonds is 5. The molecule has 3 nitrogen and oxygen atoms in total. The van der Waals surface area contributed by atoms with Gasteiger partial charge in [0, 0.05) is 32.9 Å². The summed E-state index contributed by atoms with van der Waals surface area (Å²) in [5.41, 5.74) is 10.9. The number of para-hydroxylation sites is 2. The van der Waals surface area contributed by atoms with Crippen LogP contribution >= 0.6 is 0 Å². The van der Waals surface area contributed by atoms with E-state index in [2.05, 4.69) is 185 Å². The number of hydrogen-bond donors (Lipinski definition) is 0. The molecule has 10 rings (SSSR count). The molecule has 49 heavy (non-hydrogen) atoms. The predicted molar refractivity (Wildman–Crippen MR) is 206 cm³/mol. The highest BCUT2D eigenvalue weighted by molar-refractivity contribution is 6.16. The summed E-state index contributed by atoms with van der Waals surface area (Å²) in [5, 5.41) is 7.00. The van der Waals surface area contributed by atoms with Crippen LogP contribution in [-0.2, 0) is 0 Å². The van der Waals surface area contributed by atoms with Crippen molar-refractivity contribution in [1.29, 1.82) is 0 Å². The van der Waals surface area contributed by atoms with E-state index in [0.29, 0.717) is 0 Å². The van der Waals surface area contributed by atoms with E-state index in [1.165, 1.54) is 43.7 Å². The average Bonchev–Trinajstić information content (AvgIpc) is 3.71. The Morgan fingerprint density at radius 1 is 0.408 bits per heavy atom. The SMILES string of the molecule is c1ccc(-c2ccc3c(c2)c2cc(N(c4cccc5ccccc45)c4cccc5oc6ccccc6c45)ccc2n3-c2ccccc2)cc1. The molecule has 2 heterocycles. The van der Waals surface area contributed by atoms with Gasteiger partial charge in [-0.05, 0) is 83.2 Å². The van der Waals surface area contributed by atoms with Gasteiger partial charge in [0.1, 0.15) is 11.2 Å². The second-order valence-corrected chi connectivity index (χ2v) is 12.6. The minimum absolute atomic E-state index is 0.873. The lowest BCUT2D eigenvalue weighted by Crippen LogP contribution is -2.11. The van der Waals surface area contributed by atoms with Gasteiger partial charge < -0.3 is 13.9 Å². The molecule has 0 bridgehead atoms. The Balaban J connectivity index is 1.30. The lowest BCUT2D eigenvalue weighted by atomic mass is 10.0. The standard InChI is InChI=1S/C46H30N2O/c1-3-13-31(14-4-1)33-25-27-41-38(29-33)39-30-35(26-28-42(39)47(41)34-17-5-2-6-18-34)48(40-21-11-16-32-15-7-8-19-36(32)40)43-22-12-24-45-46(43)37-20-9-10-23-44(37)49-45/h1-30H. The van der Waals surface area contributed by atoms with E-state index in [1.807, 2.05) is 6.07 Å². The van der Waals surface area contributed by atoms with Crippen LogP contribution in [0.5, 0.6) is 0 Å². The molecular formula is C46H30N2O. The highest BCUT2D eigenvalue weighted by Gasteiger charge is 2.22. The fourth-order valence-electron chi connectivity index (χ4n) is 7.57. The van der Waals surface area contributed by atoms with Crippen LogP contribution in [0, 0.1) is 0 Å². The van der Waals surface area contributed by atoms with Crippen molar-refractivity contribution in [2.24, 2.45) is 0 Å². The second-order valence-electron chi connectivity index (χ2n) is 12.6. The molecule has 0 saturated heterocycles. The second kappa shape index (κ2) is 11.0. The lowest BCUT2D eigenvalue weighted by molar-refractivity contribution is 0.669. The minimum atomic E-state index is 0.873. The van der Waals surface area contributed by atoms with Crippen LogP contribution in [0.4, 0.5) is 17.1 Å². The Bertz CT molecular complexity index is 2820. The molecule has 0 aliphatic rings. The van der Waals surface area contributed by atoms with Gasteiger partial charge in [-0.15, -0.1) is 0 Å².